The molecular formula is C14H27N3. The van der Waals surface area contributed by atoms with Crippen LogP contribution in [0.5, 0.6) is 0 Å². The summed E-state index contributed by atoms with van der Waals surface area (Å²) in [5, 5.41) is 0. The van der Waals surface area contributed by atoms with Crippen LogP contribution < -0.4 is 5.73 Å². The highest BCUT2D eigenvalue weighted by Gasteiger charge is 2.31. The summed E-state index contributed by atoms with van der Waals surface area (Å²) < 4.78 is 2.29. The van der Waals surface area contributed by atoms with Crippen LogP contribution in [0, 0.1) is 5.41 Å². The third-order valence-corrected chi connectivity index (χ3v) is 3.29. The number of aromatic nitrogens is 2. The van der Waals surface area contributed by atoms with E-state index in [9.17, 15) is 0 Å². The second-order valence-electron chi connectivity index (χ2n) is 5.88. The lowest BCUT2D eigenvalue weighted by Gasteiger charge is -2.37. The van der Waals surface area contributed by atoms with Crippen molar-refractivity contribution in [3.05, 3.63) is 18.2 Å². The molecule has 17 heavy (non-hydrogen) atoms. The predicted molar refractivity (Wildman–Crippen MR) is 73.0 cm³/mol. The van der Waals surface area contributed by atoms with Crippen molar-refractivity contribution in [1.29, 1.82) is 0 Å². The van der Waals surface area contributed by atoms with Crippen molar-refractivity contribution in [2.75, 3.05) is 0 Å². The first-order valence-electron chi connectivity index (χ1n) is 6.69. The Labute approximate surface area is 105 Å². The van der Waals surface area contributed by atoms with Gasteiger partial charge in [-0.3, -0.25) is 0 Å². The van der Waals surface area contributed by atoms with Gasteiger partial charge in [-0.1, -0.05) is 34.6 Å². The molecule has 0 saturated heterocycles. The molecule has 1 rings (SSSR count). The molecule has 98 valence electrons. The summed E-state index contributed by atoms with van der Waals surface area (Å²) in [7, 11) is 0. The van der Waals surface area contributed by atoms with Crippen LogP contribution in [0.4, 0.5) is 0 Å². The van der Waals surface area contributed by atoms with Crippen LogP contribution >= 0.6 is 0 Å². The molecule has 0 aliphatic carbocycles. The SMILES string of the molecule is CCCc1nccn1C(C(N)CC)C(C)(C)C. The number of nitrogens with two attached hydrogens (primary N) is 1. The van der Waals surface area contributed by atoms with Gasteiger partial charge in [-0.05, 0) is 18.3 Å². The summed E-state index contributed by atoms with van der Waals surface area (Å²) in [6.07, 6.45) is 7.11. The van der Waals surface area contributed by atoms with Gasteiger partial charge < -0.3 is 10.3 Å². The fraction of sp³-hybridized carbons (Fsp3) is 0.786. The fourth-order valence-corrected chi connectivity index (χ4v) is 2.50. The van der Waals surface area contributed by atoms with Crippen molar-refractivity contribution < 1.29 is 0 Å². The van der Waals surface area contributed by atoms with Gasteiger partial charge in [0.2, 0.25) is 0 Å². The summed E-state index contributed by atoms with van der Waals surface area (Å²) in [5.74, 6) is 1.16. The van der Waals surface area contributed by atoms with Crippen molar-refractivity contribution >= 4 is 0 Å². The number of rotatable bonds is 5. The average Bonchev–Trinajstić information content (AvgIpc) is 2.65. The molecule has 0 bridgehead atoms. The molecule has 0 saturated carbocycles. The Morgan fingerprint density at radius 3 is 2.47 bits per heavy atom. The van der Waals surface area contributed by atoms with E-state index < -0.39 is 0 Å². The first-order valence-corrected chi connectivity index (χ1v) is 6.69. The van der Waals surface area contributed by atoms with E-state index in [2.05, 4.69) is 50.4 Å². The molecule has 1 heterocycles. The van der Waals surface area contributed by atoms with Crippen molar-refractivity contribution in [3.8, 4) is 0 Å². The van der Waals surface area contributed by atoms with E-state index in [0.29, 0.717) is 6.04 Å². The summed E-state index contributed by atoms with van der Waals surface area (Å²) >= 11 is 0. The topological polar surface area (TPSA) is 43.8 Å². The molecule has 2 unspecified atom stereocenters. The zero-order chi connectivity index (χ0) is 13.1. The zero-order valence-corrected chi connectivity index (χ0v) is 11.9. The van der Waals surface area contributed by atoms with Gasteiger partial charge in [0.25, 0.3) is 0 Å². The van der Waals surface area contributed by atoms with Crippen LogP contribution in [-0.4, -0.2) is 15.6 Å². The lowest BCUT2D eigenvalue weighted by atomic mass is 9.81. The Balaban J connectivity index is 3.09. The predicted octanol–water partition coefficient (Wildman–Crippen LogP) is 3.16. The van der Waals surface area contributed by atoms with Gasteiger partial charge in [-0.25, -0.2) is 4.98 Å². The normalized spacial score (nSPS) is 15.9. The van der Waals surface area contributed by atoms with Gasteiger partial charge in [-0.15, -0.1) is 0 Å². The van der Waals surface area contributed by atoms with Crippen molar-refractivity contribution in [2.45, 2.75) is 66.0 Å². The van der Waals surface area contributed by atoms with E-state index in [1.807, 2.05) is 6.20 Å². The minimum absolute atomic E-state index is 0.151. The molecule has 0 aliphatic rings. The van der Waals surface area contributed by atoms with E-state index in [1.165, 1.54) is 0 Å². The Hall–Kier alpha value is -0.830. The summed E-state index contributed by atoms with van der Waals surface area (Å²) in [4.78, 5) is 4.46. The lowest BCUT2D eigenvalue weighted by molar-refractivity contribution is 0.197. The minimum Gasteiger partial charge on any atom is -0.330 e. The summed E-state index contributed by atoms with van der Waals surface area (Å²) in [6, 6.07) is 0.497. The highest BCUT2D eigenvalue weighted by atomic mass is 15.1. The summed E-state index contributed by atoms with van der Waals surface area (Å²) in [5.41, 5.74) is 6.46. The monoisotopic (exact) mass is 237 g/mol. The third-order valence-electron chi connectivity index (χ3n) is 3.29. The van der Waals surface area contributed by atoms with E-state index in [-0.39, 0.29) is 11.5 Å². The molecule has 2 N–H and O–H groups in total. The van der Waals surface area contributed by atoms with Crippen molar-refractivity contribution in [1.82, 2.24) is 9.55 Å². The molecule has 2 atom stereocenters. The average molecular weight is 237 g/mol. The van der Waals surface area contributed by atoms with Crippen LogP contribution in [0.3, 0.4) is 0 Å². The quantitative estimate of drug-likeness (QED) is 0.855. The maximum absolute atomic E-state index is 6.31. The molecule has 1 aromatic rings. The Morgan fingerprint density at radius 1 is 1.35 bits per heavy atom. The van der Waals surface area contributed by atoms with Gasteiger partial charge in [0.1, 0.15) is 5.82 Å². The number of aryl methyl sites for hydroxylation is 1. The smallest absolute Gasteiger partial charge is 0.108 e. The Morgan fingerprint density at radius 2 is 2.00 bits per heavy atom. The molecule has 1 aromatic heterocycles. The number of hydrogen-bond donors (Lipinski definition) is 1. The van der Waals surface area contributed by atoms with Crippen LogP contribution in [-0.2, 0) is 6.42 Å². The van der Waals surface area contributed by atoms with E-state index >= 15 is 0 Å². The van der Waals surface area contributed by atoms with Crippen LogP contribution in [0.15, 0.2) is 12.4 Å². The summed E-state index contributed by atoms with van der Waals surface area (Å²) in [6.45, 7) is 11.1. The van der Waals surface area contributed by atoms with Gasteiger partial charge in [0.15, 0.2) is 0 Å². The van der Waals surface area contributed by atoms with Gasteiger partial charge in [-0.2, -0.15) is 0 Å². The molecule has 0 spiro atoms. The Kier molecular flexibility index (Phi) is 4.75. The second-order valence-corrected chi connectivity index (χ2v) is 5.88. The molecule has 0 amide bonds. The molecule has 0 aliphatic heterocycles. The molecular weight excluding hydrogens is 210 g/mol. The number of imidazole rings is 1. The van der Waals surface area contributed by atoms with E-state index in [0.717, 1.165) is 25.1 Å². The van der Waals surface area contributed by atoms with Gasteiger partial charge in [0.05, 0.1) is 6.04 Å². The third kappa shape index (κ3) is 3.32. The maximum atomic E-state index is 6.31. The standard InChI is InChI=1S/C14H27N3/c1-6-8-12-16-9-10-17(12)13(11(15)7-2)14(3,4)5/h9-11,13H,6-8,15H2,1-5H3. The first kappa shape index (κ1) is 14.2. The molecule has 0 aromatic carbocycles. The van der Waals surface area contributed by atoms with Crippen LogP contribution in [0.2, 0.25) is 0 Å². The highest BCUT2D eigenvalue weighted by Crippen LogP contribution is 2.34. The van der Waals surface area contributed by atoms with Gasteiger partial charge >= 0.3 is 0 Å². The van der Waals surface area contributed by atoms with E-state index in [4.69, 9.17) is 5.73 Å². The minimum atomic E-state index is 0.151. The molecule has 0 radical (unpaired) electrons. The fourth-order valence-electron chi connectivity index (χ4n) is 2.50. The first-order chi connectivity index (χ1) is 7.91. The molecule has 3 heteroatoms. The zero-order valence-electron chi connectivity index (χ0n) is 11.9. The van der Waals surface area contributed by atoms with Crippen LogP contribution in [0.25, 0.3) is 0 Å². The lowest BCUT2D eigenvalue weighted by Crippen LogP contribution is -2.40. The van der Waals surface area contributed by atoms with Crippen molar-refractivity contribution in [2.24, 2.45) is 11.1 Å². The maximum Gasteiger partial charge on any atom is 0.108 e. The second kappa shape index (κ2) is 5.67. The molecule has 3 nitrogen and oxygen atoms in total. The van der Waals surface area contributed by atoms with Gasteiger partial charge in [0, 0.05) is 24.9 Å². The number of hydrogen-bond acceptors (Lipinski definition) is 2. The highest BCUT2D eigenvalue weighted by molar-refractivity contribution is 5.00. The van der Waals surface area contributed by atoms with Crippen LogP contribution in [0.1, 0.15) is 59.3 Å². The largest absolute Gasteiger partial charge is 0.330 e. The number of nitrogens with zero attached hydrogens (tertiary/aromatic N) is 2. The Bertz CT molecular complexity index is 335. The molecule has 0 fully saturated rings. The van der Waals surface area contributed by atoms with Crippen molar-refractivity contribution in [3.63, 3.8) is 0 Å². The van der Waals surface area contributed by atoms with E-state index in [1.54, 1.807) is 0 Å².